The molecule has 25 heavy (non-hydrogen) atoms. The molecule has 0 saturated carbocycles. The fourth-order valence-corrected chi connectivity index (χ4v) is 2.14. The van der Waals surface area contributed by atoms with Crippen LogP contribution >= 0.6 is 12.4 Å². The van der Waals surface area contributed by atoms with Gasteiger partial charge >= 0.3 is 5.97 Å². The van der Waals surface area contributed by atoms with Crippen molar-refractivity contribution in [1.29, 1.82) is 0 Å². The van der Waals surface area contributed by atoms with E-state index >= 15 is 0 Å². The summed E-state index contributed by atoms with van der Waals surface area (Å²) in [6.45, 7) is 1.93. The van der Waals surface area contributed by atoms with E-state index in [4.69, 9.17) is 4.74 Å². The molecule has 1 saturated heterocycles. The third-order valence-corrected chi connectivity index (χ3v) is 3.48. The van der Waals surface area contributed by atoms with E-state index in [0.717, 1.165) is 6.54 Å². The number of methoxy groups -OCH3 is 1. The van der Waals surface area contributed by atoms with E-state index in [0.29, 0.717) is 24.4 Å². The molecule has 1 fully saturated rings. The van der Waals surface area contributed by atoms with Crippen molar-refractivity contribution in [2.75, 3.05) is 38.7 Å². The van der Waals surface area contributed by atoms with E-state index in [1.165, 1.54) is 7.11 Å². The molecular formula is C16H22ClN3O5. The second-order valence-corrected chi connectivity index (χ2v) is 5.21. The molecule has 0 aromatic heterocycles. The summed E-state index contributed by atoms with van der Waals surface area (Å²) in [5, 5.41) is 8.45. The third kappa shape index (κ3) is 6.69. The summed E-state index contributed by atoms with van der Waals surface area (Å²) in [5.41, 5.74) is 1.02. The lowest BCUT2D eigenvalue weighted by atomic mass is 10.2. The van der Waals surface area contributed by atoms with Crippen LogP contribution in [0.3, 0.4) is 0 Å². The van der Waals surface area contributed by atoms with E-state index in [2.05, 4.69) is 20.7 Å². The van der Waals surface area contributed by atoms with Crippen LogP contribution in [0.4, 0.5) is 5.69 Å². The number of hydrogen-bond acceptors (Lipinski definition) is 6. The summed E-state index contributed by atoms with van der Waals surface area (Å²) in [6, 6.07) is 6.49. The Morgan fingerprint density at radius 1 is 1.28 bits per heavy atom. The summed E-state index contributed by atoms with van der Waals surface area (Å²) in [7, 11) is 1.30. The summed E-state index contributed by atoms with van der Waals surface area (Å²) in [5.74, 6) is -0.901. The molecule has 1 unspecified atom stereocenters. The highest BCUT2D eigenvalue weighted by atomic mass is 35.5. The van der Waals surface area contributed by atoms with Gasteiger partial charge in [-0.3, -0.25) is 14.4 Å². The van der Waals surface area contributed by atoms with Crippen LogP contribution in [-0.2, 0) is 19.1 Å². The van der Waals surface area contributed by atoms with Crippen LogP contribution in [0, 0.1) is 0 Å². The molecule has 0 aliphatic carbocycles. The van der Waals surface area contributed by atoms with E-state index in [1.807, 2.05) is 0 Å². The second kappa shape index (κ2) is 10.7. The third-order valence-electron chi connectivity index (χ3n) is 3.48. The quantitative estimate of drug-likeness (QED) is 0.622. The average Bonchev–Trinajstić information content (AvgIpc) is 2.62. The van der Waals surface area contributed by atoms with Crippen LogP contribution in [0.5, 0.6) is 0 Å². The number of carbonyl (C=O) groups is 3. The van der Waals surface area contributed by atoms with Crippen LogP contribution in [-0.4, -0.2) is 57.2 Å². The van der Waals surface area contributed by atoms with Crippen LogP contribution in [0.2, 0.25) is 0 Å². The van der Waals surface area contributed by atoms with Crippen molar-refractivity contribution in [2.45, 2.75) is 12.5 Å². The minimum Gasteiger partial charge on any atom is -0.469 e. The van der Waals surface area contributed by atoms with E-state index < -0.39 is 6.10 Å². The molecule has 1 atom stereocenters. The number of anilines is 1. The highest BCUT2D eigenvalue weighted by molar-refractivity contribution is 5.97. The monoisotopic (exact) mass is 371 g/mol. The smallest absolute Gasteiger partial charge is 0.307 e. The van der Waals surface area contributed by atoms with Crippen molar-refractivity contribution in [3.63, 3.8) is 0 Å². The fourth-order valence-electron chi connectivity index (χ4n) is 2.14. The molecule has 1 aliphatic rings. The molecule has 1 heterocycles. The Morgan fingerprint density at radius 3 is 2.60 bits per heavy atom. The van der Waals surface area contributed by atoms with Gasteiger partial charge in [-0.2, -0.15) is 0 Å². The zero-order chi connectivity index (χ0) is 17.4. The normalized spacial score (nSPS) is 16.3. The van der Waals surface area contributed by atoms with Crippen molar-refractivity contribution in [1.82, 2.24) is 10.6 Å². The highest BCUT2D eigenvalue weighted by Crippen LogP contribution is 2.11. The lowest BCUT2D eigenvalue weighted by molar-refractivity contribution is -0.140. The molecule has 9 heteroatoms. The molecule has 0 spiro atoms. The minimum atomic E-state index is -0.514. The first kappa shape index (κ1) is 20.9. The molecule has 1 aliphatic heterocycles. The van der Waals surface area contributed by atoms with E-state index in [9.17, 15) is 14.4 Å². The molecule has 1 aromatic rings. The number of esters is 1. The molecule has 8 nitrogen and oxygen atoms in total. The van der Waals surface area contributed by atoms with Gasteiger partial charge in [0, 0.05) is 30.9 Å². The van der Waals surface area contributed by atoms with Crippen LogP contribution in [0.15, 0.2) is 24.3 Å². The summed E-state index contributed by atoms with van der Waals surface area (Å²) < 4.78 is 9.87. The Morgan fingerprint density at radius 2 is 2.00 bits per heavy atom. The number of ether oxygens (including phenoxy) is 2. The molecule has 3 N–H and O–H groups in total. The fraction of sp³-hybridized carbons (Fsp3) is 0.438. The van der Waals surface area contributed by atoms with E-state index in [1.54, 1.807) is 24.3 Å². The summed E-state index contributed by atoms with van der Waals surface area (Å²) in [6.07, 6.45) is -0.397. The number of hydrogen-bond donors (Lipinski definition) is 3. The first-order valence-corrected chi connectivity index (χ1v) is 7.68. The molecule has 0 bridgehead atoms. The molecule has 2 rings (SSSR count). The van der Waals surface area contributed by atoms with Crippen molar-refractivity contribution in [3.8, 4) is 0 Å². The standard InChI is InChI=1S/C16H21N3O5.ClH/c1-23-14(20)6-7-18-15(21)11-2-4-12(5-3-11)19-16(22)13-10-17-8-9-24-13;/h2-5,13,17H,6-10H2,1H3,(H,18,21)(H,19,22);1H. The Bertz CT molecular complexity index is 588. The van der Waals surface area contributed by atoms with Gasteiger partial charge in [0.1, 0.15) is 6.10 Å². The predicted molar refractivity (Wildman–Crippen MR) is 93.9 cm³/mol. The van der Waals surface area contributed by atoms with Gasteiger partial charge in [-0.1, -0.05) is 0 Å². The summed E-state index contributed by atoms with van der Waals surface area (Å²) >= 11 is 0. The number of halogens is 1. The van der Waals surface area contributed by atoms with Crippen LogP contribution in [0.25, 0.3) is 0 Å². The maximum Gasteiger partial charge on any atom is 0.307 e. The van der Waals surface area contributed by atoms with Gasteiger partial charge in [-0.15, -0.1) is 12.4 Å². The first-order chi connectivity index (χ1) is 11.6. The number of carbonyl (C=O) groups excluding carboxylic acids is 3. The van der Waals surface area contributed by atoms with Gasteiger partial charge < -0.3 is 25.4 Å². The van der Waals surface area contributed by atoms with Crippen molar-refractivity contribution in [3.05, 3.63) is 29.8 Å². The Kier molecular flexibility index (Phi) is 8.90. The maximum absolute atomic E-state index is 12.0. The van der Waals surface area contributed by atoms with Crippen LogP contribution < -0.4 is 16.0 Å². The number of benzene rings is 1. The van der Waals surface area contributed by atoms with Gasteiger partial charge in [0.05, 0.1) is 20.1 Å². The molecule has 2 amide bonds. The Labute approximate surface area is 152 Å². The largest absolute Gasteiger partial charge is 0.469 e. The SMILES string of the molecule is COC(=O)CCNC(=O)c1ccc(NC(=O)C2CNCCO2)cc1.Cl. The van der Waals surface area contributed by atoms with Crippen molar-refractivity contribution in [2.24, 2.45) is 0 Å². The first-order valence-electron chi connectivity index (χ1n) is 7.68. The van der Waals surface area contributed by atoms with Crippen LogP contribution in [0.1, 0.15) is 16.8 Å². The minimum absolute atomic E-state index is 0. The van der Waals surface area contributed by atoms with Gasteiger partial charge in [0.15, 0.2) is 0 Å². The molecule has 1 aromatic carbocycles. The zero-order valence-electron chi connectivity index (χ0n) is 13.9. The molecule has 138 valence electrons. The number of nitrogens with one attached hydrogen (secondary N) is 3. The highest BCUT2D eigenvalue weighted by Gasteiger charge is 2.21. The zero-order valence-corrected chi connectivity index (χ0v) is 14.7. The van der Waals surface area contributed by atoms with Gasteiger partial charge in [-0.25, -0.2) is 0 Å². The average molecular weight is 372 g/mol. The van der Waals surface area contributed by atoms with Crippen molar-refractivity contribution < 1.29 is 23.9 Å². The number of morpholine rings is 1. The maximum atomic E-state index is 12.0. The molecular weight excluding hydrogens is 350 g/mol. The second-order valence-electron chi connectivity index (χ2n) is 5.21. The predicted octanol–water partition coefficient (Wildman–Crippen LogP) is 0.328. The lowest BCUT2D eigenvalue weighted by Crippen LogP contribution is -2.45. The van der Waals surface area contributed by atoms with Gasteiger partial charge in [0.25, 0.3) is 11.8 Å². The number of rotatable bonds is 6. The van der Waals surface area contributed by atoms with Gasteiger partial charge in [-0.05, 0) is 24.3 Å². The Hall–Kier alpha value is -2.16. The molecule has 0 radical (unpaired) electrons. The van der Waals surface area contributed by atoms with Crippen molar-refractivity contribution >= 4 is 35.9 Å². The Balaban J connectivity index is 0.00000312. The lowest BCUT2D eigenvalue weighted by Gasteiger charge is -2.22. The van der Waals surface area contributed by atoms with Gasteiger partial charge in [0.2, 0.25) is 0 Å². The number of amides is 2. The topological polar surface area (TPSA) is 106 Å². The summed E-state index contributed by atoms with van der Waals surface area (Å²) in [4.78, 5) is 34.9. The van der Waals surface area contributed by atoms with E-state index in [-0.39, 0.29) is 43.2 Å².